The Morgan fingerprint density at radius 1 is 0.435 bits per heavy atom. The summed E-state index contributed by atoms with van der Waals surface area (Å²) < 4.78 is 0. The van der Waals surface area contributed by atoms with Gasteiger partial charge in [0.1, 0.15) is 23.3 Å². The van der Waals surface area contributed by atoms with Crippen LogP contribution < -0.4 is 26.2 Å². The molecule has 4 heterocycles. The van der Waals surface area contributed by atoms with Crippen molar-refractivity contribution in [3.8, 4) is 0 Å². The van der Waals surface area contributed by atoms with Gasteiger partial charge in [-0.1, -0.05) is 156 Å². The van der Waals surface area contributed by atoms with Crippen LogP contribution in [0.2, 0.25) is 0 Å². The fourth-order valence-electron chi connectivity index (χ4n) is 12.1. The average molecular weight is 1140 g/mol. The van der Waals surface area contributed by atoms with Gasteiger partial charge in [0.2, 0.25) is 11.8 Å². The van der Waals surface area contributed by atoms with Gasteiger partial charge in [0.25, 0.3) is 35.4 Å². The fourth-order valence-corrected chi connectivity index (χ4v) is 12.1. The molecule has 438 valence electrons. The van der Waals surface area contributed by atoms with Gasteiger partial charge in [0.15, 0.2) is 0 Å². The van der Waals surface area contributed by atoms with E-state index in [1.807, 2.05) is 77.9 Å². The molecule has 6 aromatic carbocycles. The monoisotopic (exact) mass is 1140 g/mol. The topological polar surface area (TPSA) is 217 Å². The fraction of sp³-hybridized carbons (Fsp3) is 0.362. The Labute approximate surface area is 495 Å². The summed E-state index contributed by atoms with van der Waals surface area (Å²) in [6.07, 6.45) is 12.8. The van der Waals surface area contributed by atoms with Crippen LogP contribution in [0.25, 0.3) is 43.1 Å². The van der Waals surface area contributed by atoms with E-state index in [2.05, 4.69) is 45.1 Å². The number of aromatic nitrogens is 2. The Bertz CT molecular complexity index is 3760. The first-order chi connectivity index (χ1) is 40.6. The van der Waals surface area contributed by atoms with E-state index in [0.29, 0.717) is 27.3 Å². The number of hydrogen-bond acceptors (Lipinski definition) is 10. The van der Waals surface area contributed by atoms with E-state index in [1.165, 1.54) is 30.3 Å². The first-order valence-corrected chi connectivity index (χ1v) is 29.9. The van der Waals surface area contributed by atoms with Crippen LogP contribution in [0.15, 0.2) is 103 Å². The summed E-state index contributed by atoms with van der Waals surface area (Å²) in [7, 11) is 0. The number of fused-ring (bicyclic) bond motifs is 2. The second kappa shape index (κ2) is 24.4. The van der Waals surface area contributed by atoms with Gasteiger partial charge in [-0.05, 0) is 123 Å². The van der Waals surface area contributed by atoms with Crippen LogP contribution in [0.1, 0.15) is 207 Å². The van der Waals surface area contributed by atoms with Crippen molar-refractivity contribution in [2.75, 3.05) is 26.2 Å². The van der Waals surface area contributed by atoms with Crippen LogP contribution in [0.4, 0.5) is 29.0 Å². The third-order valence-electron chi connectivity index (χ3n) is 15.9. The van der Waals surface area contributed by atoms with Gasteiger partial charge in [-0.3, -0.25) is 43.3 Å². The summed E-state index contributed by atoms with van der Waals surface area (Å²) in [6, 6.07) is 27.7. The number of rotatable bonds is 22. The van der Waals surface area contributed by atoms with Crippen molar-refractivity contribution in [1.82, 2.24) is 14.9 Å². The van der Waals surface area contributed by atoms with E-state index >= 15 is 9.59 Å². The molecule has 0 radical (unpaired) electrons. The molecular formula is C69H74N8O8. The molecule has 0 fully saturated rings. The maximum Gasteiger partial charge on any atom is 0.265 e. The summed E-state index contributed by atoms with van der Waals surface area (Å²) in [6.45, 7) is 16.0. The van der Waals surface area contributed by atoms with Gasteiger partial charge < -0.3 is 21.3 Å². The summed E-state index contributed by atoms with van der Waals surface area (Å²) >= 11 is 0. The van der Waals surface area contributed by atoms with E-state index in [0.717, 1.165) is 109 Å². The standard InChI is InChI=1S/C69H74N8O8/c1-9-11-13-15-17-21-42(22-18-16-14-12-10-2)76-64(82)48-31-27-44-46-29-33-50-61-51(34-30-47(59(46)61)45-28-32-49(65(76)83)60(48)58(44)45)67(85)77(66(50)84)43-36-40(62(80)74-54-25-19-23-52(70-54)72-56(78)38-68(3,4)5)35-41(37-43)63(81)75-55-26-20-24-53(71-55)73-57(79)39-69(6,7)8/h19-20,23-37,42H,9-18,21-22,38-39H2,1-8H3,(H2,70,72,74,78,80)(H2,71,73,75,79,81). The second-order valence-electron chi connectivity index (χ2n) is 25.2. The Kier molecular flexibility index (Phi) is 17.0. The minimum atomic E-state index is -0.746. The quantitative estimate of drug-likeness (QED) is 0.0218. The lowest BCUT2D eigenvalue weighted by Gasteiger charge is -2.35. The predicted molar refractivity (Wildman–Crippen MR) is 336 cm³/mol. The van der Waals surface area contributed by atoms with E-state index < -0.39 is 23.6 Å². The molecule has 16 nitrogen and oxygen atoms in total. The van der Waals surface area contributed by atoms with Crippen LogP contribution in [0, 0.1) is 10.8 Å². The zero-order valence-electron chi connectivity index (χ0n) is 49.8. The number of nitrogens with zero attached hydrogens (tertiary/aromatic N) is 4. The largest absolute Gasteiger partial charge is 0.311 e. The zero-order chi connectivity index (χ0) is 60.5. The number of carbonyl (C=O) groups excluding carboxylic acids is 8. The van der Waals surface area contributed by atoms with Crippen molar-refractivity contribution in [3.05, 3.63) is 137 Å². The molecule has 0 bridgehead atoms. The lowest BCUT2D eigenvalue weighted by atomic mass is 9.82. The molecular weight excluding hydrogens is 1070 g/mol. The first-order valence-electron chi connectivity index (χ1n) is 29.9. The smallest absolute Gasteiger partial charge is 0.265 e. The molecule has 2 aromatic heterocycles. The number of carbonyl (C=O) groups is 8. The molecule has 4 N–H and O–H groups in total. The predicted octanol–water partition coefficient (Wildman–Crippen LogP) is 15.3. The molecule has 0 saturated carbocycles. The van der Waals surface area contributed by atoms with Crippen molar-refractivity contribution in [2.45, 2.75) is 151 Å². The molecule has 2 aliphatic heterocycles. The number of nitrogens with one attached hydrogen (secondary N) is 4. The zero-order valence-corrected chi connectivity index (χ0v) is 49.8. The summed E-state index contributed by atoms with van der Waals surface area (Å²) in [5, 5.41) is 16.5. The molecule has 10 rings (SSSR count). The van der Waals surface area contributed by atoms with Crippen molar-refractivity contribution in [1.29, 1.82) is 0 Å². The Balaban J connectivity index is 1.01. The maximum absolute atomic E-state index is 15.2. The number of anilines is 5. The lowest BCUT2D eigenvalue weighted by molar-refractivity contribution is -0.118. The molecule has 0 unspecified atom stereocenters. The highest BCUT2D eigenvalue weighted by Gasteiger charge is 2.40. The van der Waals surface area contributed by atoms with Crippen molar-refractivity contribution in [3.63, 3.8) is 0 Å². The van der Waals surface area contributed by atoms with Crippen LogP contribution in [-0.2, 0) is 9.59 Å². The van der Waals surface area contributed by atoms with E-state index in [9.17, 15) is 28.8 Å². The molecule has 0 aliphatic carbocycles. The number of amides is 8. The second-order valence-corrected chi connectivity index (χ2v) is 25.2. The normalized spacial score (nSPS) is 13.5. The van der Waals surface area contributed by atoms with Crippen molar-refractivity contribution >= 4 is 119 Å². The highest BCUT2D eigenvalue weighted by Crippen LogP contribution is 2.47. The Morgan fingerprint density at radius 3 is 1.15 bits per heavy atom. The SMILES string of the molecule is CCCCCCCC(CCCCCCC)N1C(=O)c2ccc3c4ccc5c6c(ccc(c7ccc(c2c37)C1=O)c64)C(=O)N(c1cc(C(=O)Nc2cccc(NC(=O)CC(C)(C)C)n2)cc(C(=O)Nc2cccc(NC(=O)CC(C)(C)C)n2)c1)C5=O. The van der Waals surface area contributed by atoms with Gasteiger partial charge >= 0.3 is 0 Å². The number of pyridine rings is 2. The minimum Gasteiger partial charge on any atom is -0.311 e. The summed E-state index contributed by atoms with van der Waals surface area (Å²) in [4.78, 5) is 126. The third kappa shape index (κ3) is 12.5. The Hall–Kier alpha value is -8.92. The molecule has 0 atom stereocenters. The van der Waals surface area contributed by atoms with Crippen LogP contribution in [0.5, 0.6) is 0 Å². The van der Waals surface area contributed by atoms with Gasteiger partial charge in [-0.15, -0.1) is 0 Å². The summed E-state index contributed by atoms with van der Waals surface area (Å²) in [5.41, 5.74) is 0.461. The lowest BCUT2D eigenvalue weighted by Crippen LogP contribution is -2.47. The van der Waals surface area contributed by atoms with E-state index in [1.54, 1.807) is 41.3 Å². The van der Waals surface area contributed by atoms with Crippen LogP contribution in [0.3, 0.4) is 0 Å². The van der Waals surface area contributed by atoms with Gasteiger partial charge in [0, 0.05) is 63.0 Å². The molecule has 2 aliphatic rings. The molecule has 85 heavy (non-hydrogen) atoms. The highest BCUT2D eigenvalue weighted by molar-refractivity contribution is 6.44. The Morgan fingerprint density at radius 2 is 0.788 bits per heavy atom. The van der Waals surface area contributed by atoms with Crippen molar-refractivity contribution < 1.29 is 38.4 Å². The highest BCUT2D eigenvalue weighted by atomic mass is 16.2. The van der Waals surface area contributed by atoms with Gasteiger partial charge in [0.05, 0.1) is 5.69 Å². The molecule has 0 saturated heterocycles. The van der Waals surface area contributed by atoms with Gasteiger partial charge in [-0.2, -0.15) is 0 Å². The number of unbranched alkanes of at least 4 members (excludes halogenated alkanes) is 8. The summed E-state index contributed by atoms with van der Waals surface area (Å²) in [5.74, 6) is -3.45. The van der Waals surface area contributed by atoms with Crippen molar-refractivity contribution in [2.24, 2.45) is 10.8 Å². The first kappa shape index (κ1) is 59.2. The molecule has 16 heteroatoms. The van der Waals surface area contributed by atoms with Crippen LogP contribution in [-0.4, -0.2) is 68.2 Å². The number of imide groups is 2. The van der Waals surface area contributed by atoms with Gasteiger partial charge in [-0.25, -0.2) is 14.9 Å². The molecule has 8 aromatic rings. The van der Waals surface area contributed by atoms with E-state index in [-0.39, 0.29) is 105 Å². The third-order valence-corrected chi connectivity index (χ3v) is 15.9. The molecule has 8 amide bonds. The van der Waals surface area contributed by atoms with Crippen LogP contribution >= 0.6 is 0 Å². The molecule has 0 spiro atoms. The number of benzene rings is 6. The minimum absolute atomic E-state index is 0.0750. The number of hydrogen-bond donors (Lipinski definition) is 4. The average Bonchev–Trinajstić information content (AvgIpc) is 0.833. The van der Waals surface area contributed by atoms with E-state index in [4.69, 9.17) is 0 Å². The maximum atomic E-state index is 15.2.